The van der Waals surface area contributed by atoms with Crippen molar-refractivity contribution in [3.05, 3.63) is 34.9 Å². The zero-order valence-electron chi connectivity index (χ0n) is 12.7. The van der Waals surface area contributed by atoms with Crippen LogP contribution in [0.3, 0.4) is 0 Å². The molecule has 2 N–H and O–H groups in total. The predicted molar refractivity (Wildman–Crippen MR) is 85.2 cm³/mol. The molecule has 0 heterocycles. The quantitative estimate of drug-likeness (QED) is 0.776. The molecule has 2 unspecified atom stereocenters. The van der Waals surface area contributed by atoms with Crippen LogP contribution in [0.25, 0.3) is 10.8 Å². The summed E-state index contributed by atoms with van der Waals surface area (Å²) in [6.45, 7) is 4.37. The van der Waals surface area contributed by atoms with E-state index in [-0.39, 0.29) is 0 Å². The third-order valence-electron chi connectivity index (χ3n) is 5.32. The number of hydrogen-bond acceptors (Lipinski definition) is 2. The summed E-state index contributed by atoms with van der Waals surface area (Å²) in [7, 11) is 0. The molecule has 2 atom stereocenters. The highest BCUT2D eigenvalue weighted by Gasteiger charge is 2.42. The molecule has 110 valence electrons. The zero-order chi connectivity index (χ0) is 14.7. The van der Waals surface area contributed by atoms with Gasteiger partial charge in [-0.1, -0.05) is 32.0 Å². The molecule has 2 aliphatic rings. The van der Waals surface area contributed by atoms with Gasteiger partial charge in [-0.15, -0.1) is 0 Å². The van der Waals surface area contributed by atoms with Crippen LogP contribution < -0.4 is 0 Å². The van der Waals surface area contributed by atoms with E-state index in [0.29, 0.717) is 29.3 Å². The van der Waals surface area contributed by atoms with Crippen LogP contribution in [0.2, 0.25) is 0 Å². The smallest absolute Gasteiger partial charge is 0.127 e. The summed E-state index contributed by atoms with van der Waals surface area (Å²) in [5, 5.41) is 23.4. The van der Waals surface area contributed by atoms with Crippen molar-refractivity contribution in [1.29, 1.82) is 0 Å². The van der Waals surface area contributed by atoms with Crippen molar-refractivity contribution in [2.24, 2.45) is 5.92 Å². The van der Waals surface area contributed by atoms with Crippen LogP contribution in [-0.4, -0.2) is 10.2 Å². The van der Waals surface area contributed by atoms with Crippen LogP contribution in [0.4, 0.5) is 0 Å². The highest BCUT2D eigenvalue weighted by Crippen LogP contribution is 2.60. The fourth-order valence-corrected chi connectivity index (χ4v) is 4.55. The van der Waals surface area contributed by atoms with Crippen LogP contribution in [0, 0.1) is 5.92 Å². The number of benzene rings is 2. The highest BCUT2D eigenvalue weighted by atomic mass is 16.3. The van der Waals surface area contributed by atoms with Gasteiger partial charge < -0.3 is 10.2 Å². The normalized spacial score (nSPS) is 23.2. The fraction of sp³-hybridized carbons (Fsp3) is 0.474. The average Bonchev–Trinajstić information content (AvgIpc) is 3.05. The second-order valence-electron chi connectivity index (χ2n) is 7.17. The fourth-order valence-electron chi connectivity index (χ4n) is 4.55. The van der Waals surface area contributed by atoms with E-state index < -0.39 is 0 Å². The van der Waals surface area contributed by atoms with Crippen molar-refractivity contribution >= 4 is 10.8 Å². The number of hydrogen-bond donors (Lipinski definition) is 2. The molecular formula is C19H22O2. The number of fused-ring (bicyclic) bond motifs is 6. The van der Waals surface area contributed by atoms with Crippen molar-refractivity contribution in [3.63, 3.8) is 0 Å². The molecule has 2 aromatic carbocycles. The molecule has 2 nitrogen and oxygen atoms in total. The predicted octanol–water partition coefficient (Wildman–Crippen LogP) is 4.81. The lowest BCUT2D eigenvalue weighted by Crippen LogP contribution is -2.02. The summed E-state index contributed by atoms with van der Waals surface area (Å²) in [4.78, 5) is 0. The van der Waals surface area contributed by atoms with Crippen molar-refractivity contribution in [2.75, 3.05) is 0 Å². The Labute approximate surface area is 125 Å². The second kappa shape index (κ2) is 4.40. The van der Waals surface area contributed by atoms with Crippen LogP contribution in [0.1, 0.15) is 61.6 Å². The topological polar surface area (TPSA) is 40.5 Å². The SMILES string of the molecule is CC(C)Cc1cccc2c(O)c3c(c(O)c12)C1CCC3C1. The molecule has 0 amide bonds. The minimum absolute atomic E-state index is 0.426. The second-order valence-corrected chi connectivity index (χ2v) is 7.17. The Hall–Kier alpha value is -1.70. The maximum absolute atomic E-state index is 10.9. The maximum Gasteiger partial charge on any atom is 0.127 e. The van der Waals surface area contributed by atoms with Gasteiger partial charge in [0.05, 0.1) is 0 Å². The Morgan fingerprint density at radius 1 is 1.05 bits per heavy atom. The van der Waals surface area contributed by atoms with Gasteiger partial charge in [0, 0.05) is 21.9 Å². The Morgan fingerprint density at radius 3 is 2.38 bits per heavy atom. The Morgan fingerprint density at radius 2 is 1.71 bits per heavy atom. The van der Waals surface area contributed by atoms with Gasteiger partial charge in [0.2, 0.25) is 0 Å². The molecule has 0 spiro atoms. The Balaban J connectivity index is 2.05. The van der Waals surface area contributed by atoms with Crippen molar-refractivity contribution in [2.45, 2.75) is 51.4 Å². The molecule has 4 rings (SSSR count). The highest BCUT2D eigenvalue weighted by molar-refractivity contribution is 5.98. The summed E-state index contributed by atoms with van der Waals surface area (Å²) >= 11 is 0. The minimum Gasteiger partial charge on any atom is -0.507 e. The van der Waals surface area contributed by atoms with E-state index in [1.165, 1.54) is 0 Å². The first-order valence-electron chi connectivity index (χ1n) is 8.07. The van der Waals surface area contributed by atoms with Gasteiger partial charge >= 0.3 is 0 Å². The lowest BCUT2D eigenvalue weighted by molar-refractivity contribution is 0.451. The number of phenols is 2. The summed E-state index contributed by atoms with van der Waals surface area (Å²) in [5.41, 5.74) is 3.24. The van der Waals surface area contributed by atoms with Gasteiger partial charge in [-0.05, 0) is 49.0 Å². The lowest BCUT2D eigenvalue weighted by atomic mass is 9.85. The number of rotatable bonds is 2. The number of aromatic hydroxyl groups is 2. The first kappa shape index (κ1) is 13.0. The van der Waals surface area contributed by atoms with Gasteiger partial charge in [-0.3, -0.25) is 0 Å². The summed E-state index contributed by atoms with van der Waals surface area (Å²) < 4.78 is 0. The van der Waals surface area contributed by atoms with E-state index in [2.05, 4.69) is 19.9 Å². The Bertz CT molecular complexity index is 730. The Kier molecular flexibility index (Phi) is 2.72. The molecule has 1 fully saturated rings. The van der Waals surface area contributed by atoms with Gasteiger partial charge in [0.1, 0.15) is 11.5 Å². The third-order valence-corrected chi connectivity index (χ3v) is 5.32. The van der Waals surface area contributed by atoms with Gasteiger partial charge in [0.25, 0.3) is 0 Å². The van der Waals surface area contributed by atoms with Crippen LogP contribution in [-0.2, 0) is 6.42 Å². The standard InChI is InChI=1S/C19H22O2/c1-10(2)8-11-4-3-5-14-15(11)19(21)17-13-7-6-12(9-13)16(17)18(14)20/h3-5,10,12-13,20-21H,6-9H2,1-2H3. The van der Waals surface area contributed by atoms with Crippen LogP contribution >= 0.6 is 0 Å². The molecule has 0 aliphatic heterocycles. The van der Waals surface area contributed by atoms with E-state index >= 15 is 0 Å². The molecular weight excluding hydrogens is 260 g/mol. The van der Waals surface area contributed by atoms with Crippen molar-refractivity contribution < 1.29 is 10.2 Å². The maximum atomic E-state index is 10.9. The van der Waals surface area contributed by atoms with Crippen LogP contribution in [0.5, 0.6) is 11.5 Å². The van der Waals surface area contributed by atoms with Crippen molar-refractivity contribution in [3.8, 4) is 11.5 Å². The first-order chi connectivity index (χ1) is 10.1. The number of phenolic OH excluding ortho intramolecular Hbond substituents is 2. The third kappa shape index (κ3) is 1.71. The zero-order valence-corrected chi connectivity index (χ0v) is 12.7. The molecule has 0 aromatic heterocycles. The molecule has 21 heavy (non-hydrogen) atoms. The van der Waals surface area contributed by atoms with Gasteiger partial charge in [0.15, 0.2) is 0 Å². The molecule has 2 aromatic rings. The van der Waals surface area contributed by atoms with E-state index in [4.69, 9.17) is 0 Å². The van der Waals surface area contributed by atoms with E-state index in [1.54, 1.807) is 0 Å². The van der Waals surface area contributed by atoms with Gasteiger partial charge in [-0.2, -0.15) is 0 Å². The van der Waals surface area contributed by atoms with Crippen LogP contribution in [0.15, 0.2) is 18.2 Å². The molecule has 0 saturated heterocycles. The summed E-state index contributed by atoms with van der Waals surface area (Å²) in [5.74, 6) is 2.31. The van der Waals surface area contributed by atoms with Gasteiger partial charge in [-0.25, -0.2) is 0 Å². The molecule has 2 bridgehead atoms. The van der Waals surface area contributed by atoms with Crippen molar-refractivity contribution in [1.82, 2.24) is 0 Å². The molecule has 2 heteroatoms. The molecule has 0 radical (unpaired) electrons. The molecule has 2 aliphatic carbocycles. The summed E-state index contributed by atoms with van der Waals surface area (Å²) in [6.07, 6.45) is 4.34. The largest absolute Gasteiger partial charge is 0.507 e. The minimum atomic E-state index is 0.426. The van der Waals surface area contributed by atoms with E-state index in [9.17, 15) is 10.2 Å². The van der Waals surface area contributed by atoms with E-state index in [1.807, 2.05) is 12.1 Å². The summed E-state index contributed by atoms with van der Waals surface area (Å²) in [6, 6.07) is 6.03. The van der Waals surface area contributed by atoms with E-state index in [0.717, 1.165) is 53.1 Å². The lowest BCUT2D eigenvalue weighted by Gasteiger charge is -2.21. The molecule has 1 saturated carbocycles. The first-order valence-corrected chi connectivity index (χ1v) is 8.07. The monoisotopic (exact) mass is 282 g/mol. The average molecular weight is 282 g/mol.